The van der Waals surface area contributed by atoms with Crippen LogP contribution in [0.3, 0.4) is 0 Å². The van der Waals surface area contributed by atoms with Crippen molar-refractivity contribution in [1.82, 2.24) is 0 Å². The highest BCUT2D eigenvalue weighted by Gasteiger charge is 2.33. The second-order valence-corrected chi connectivity index (χ2v) is 19.3. The van der Waals surface area contributed by atoms with Gasteiger partial charge in [-0.3, -0.25) is 0 Å². The summed E-state index contributed by atoms with van der Waals surface area (Å²) in [6, 6.07) is 0. The Morgan fingerprint density at radius 1 is 0.920 bits per heavy atom. The molecule has 0 aromatic rings. The highest BCUT2D eigenvalue weighted by atomic mass is 28.4. The Labute approximate surface area is 158 Å². The zero-order valence-corrected chi connectivity index (χ0v) is 19.8. The van der Waals surface area contributed by atoms with E-state index in [1.54, 1.807) is 0 Å². The first-order valence-corrected chi connectivity index (χ1v) is 17.0. The molecule has 0 saturated carbocycles. The fraction of sp³-hybridized carbons (Fsp3) is 1.00. The normalized spacial score (nSPS) is 16.7. The predicted octanol–water partition coefficient (Wildman–Crippen LogP) is 4.50. The first kappa shape index (κ1) is 25.3. The van der Waals surface area contributed by atoms with E-state index < -0.39 is 22.5 Å². The van der Waals surface area contributed by atoms with Crippen LogP contribution in [0.25, 0.3) is 0 Å². The van der Waals surface area contributed by atoms with Gasteiger partial charge in [0.25, 0.3) is 0 Å². The van der Waals surface area contributed by atoms with Crippen LogP contribution in [-0.4, -0.2) is 59.1 Å². The van der Waals surface area contributed by atoms with E-state index in [1.165, 1.54) is 19.3 Å². The molecular weight excluding hydrogens is 348 g/mol. The maximum atomic E-state index is 9.35. The van der Waals surface area contributed by atoms with Crippen molar-refractivity contribution < 1.29 is 19.4 Å². The molecule has 0 heterocycles. The third kappa shape index (κ3) is 13.1. The number of aliphatic hydroxyl groups is 2. The van der Waals surface area contributed by atoms with E-state index in [9.17, 15) is 5.11 Å². The standard InChI is InChI=1S/C19H44O4Si2/c1-8-9-12-19(24(2,3)4)17(15-23-25(5,6)7)11-10-13-22-16-18(21)14-20/h17-21H,8-16H2,1-7H3. The Hall–Kier alpha value is 0.274. The molecule has 3 unspecified atom stereocenters. The number of unbranched alkanes of at least 4 members (excludes halogenated alkanes) is 1. The summed E-state index contributed by atoms with van der Waals surface area (Å²) in [5, 5.41) is 18.2. The summed E-state index contributed by atoms with van der Waals surface area (Å²) >= 11 is 0. The molecule has 0 radical (unpaired) electrons. The average Bonchev–Trinajstić information content (AvgIpc) is 2.49. The van der Waals surface area contributed by atoms with Crippen LogP contribution in [0.1, 0.15) is 39.0 Å². The smallest absolute Gasteiger partial charge is 0.183 e. The van der Waals surface area contributed by atoms with Crippen molar-refractivity contribution in [2.45, 2.75) is 90.0 Å². The lowest BCUT2D eigenvalue weighted by molar-refractivity contribution is 0.00414. The maximum Gasteiger partial charge on any atom is 0.183 e. The van der Waals surface area contributed by atoms with Crippen LogP contribution in [0.5, 0.6) is 0 Å². The van der Waals surface area contributed by atoms with Crippen molar-refractivity contribution in [3.8, 4) is 0 Å². The summed E-state index contributed by atoms with van der Waals surface area (Å²) in [6.45, 7) is 18.0. The molecule has 0 rings (SSSR count). The summed E-state index contributed by atoms with van der Waals surface area (Å²) in [7, 11) is -2.76. The van der Waals surface area contributed by atoms with Crippen LogP contribution in [0.4, 0.5) is 0 Å². The summed E-state index contributed by atoms with van der Waals surface area (Å²) in [5.74, 6) is 0.608. The number of hydrogen-bond donors (Lipinski definition) is 2. The van der Waals surface area contributed by atoms with Gasteiger partial charge in [-0.25, -0.2) is 0 Å². The molecule has 0 aliphatic heterocycles. The molecule has 0 aromatic carbocycles. The lowest BCUT2D eigenvalue weighted by Gasteiger charge is -2.37. The summed E-state index contributed by atoms with van der Waals surface area (Å²) < 4.78 is 11.8. The van der Waals surface area contributed by atoms with Gasteiger partial charge in [-0.15, -0.1) is 0 Å². The van der Waals surface area contributed by atoms with E-state index in [4.69, 9.17) is 14.3 Å². The van der Waals surface area contributed by atoms with E-state index in [-0.39, 0.29) is 13.2 Å². The van der Waals surface area contributed by atoms with Crippen molar-refractivity contribution in [2.24, 2.45) is 5.92 Å². The summed E-state index contributed by atoms with van der Waals surface area (Å²) in [5.41, 5.74) is 0.784. The highest BCUT2D eigenvalue weighted by molar-refractivity contribution is 6.77. The molecule has 3 atom stereocenters. The Morgan fingerprint density at radius 2 is 1.56 bits per heavy atom. The fourth-order valence-electron chi connectivity index (χ4n) is 3.28. The van der Waals surface area contributed by atoms with Gasteiger partial charge >= 0.3 is 0 Å². The van der Waals surface area contributed by atoms with Crippen LogP contribution < -0.4 is 0 Å². The molecule has 0 spiro atoms. The zero-order chi connectivity index (χ0) is 19.5. The molecule has 0 aliphatic rings. The van der Waals surface area contributed by atoms with E-state index in [0.29, 0.717) is 12.5 Å². The first-order valence-electron chi connectivity index (χ1n) is 10.0. The molecule has 0 fully saturated rings. The van der Waals surface area contributed by atoms with E-state index >= 15 is 0 Å². The van der Waals surface area contributed by atoms with Gasteiger partial charge in [-0.05, 0) is 43.9 Å². The Bertz CT molecular complexity index is 326. The van der Waals surface area contributed by atoms with Crippen molar-refractivity contribution in [3.05, 3.63) is 0 Å². The van der Waals surface area contributed by atoms with Gasteiger partial charge in [0.15, 0.2) is 8.32 Å². The van der Waals surface area contributed by atoms with Crippen LogP contribution in [0.15, 0.2) is 0 Å². The molecule has 0 bridgehead atoms. The summed E-state index contributed by atoms with van der Waals surface area (Å²) in [4.78, 5) is 0. The van der Waals surface area contributed by atoms with Gasteiger partial charge in [0.2, 0.25) is 0 Å². The van der Waals surface area contributed by atoms with Crippen LogP contribution in [-0.2, 0) is 9.16 Å². The SMILES string of the molecule is CCCCC(C(CCCOCC(O)CO)CO[Si](C)(C)C)[Si](C)(C)C. The number of hydrogen-bond acceptors (Lipinski definition) is 4. The molecule has 0 aromatic heterocycles. The Balaban J connectivity index is 4.70. The van der Waals surface area contributed by atoms with Crippen molar-refractivity contribution in [1.29, 1.82) is 0 Å². The van der Waals surface area contributed by atoms with Gasteiger partial charge in [-0.1, -0.05) is 45.8 Å². The largest absolute Gasteiger partial charge is 0.417 e. The fourth-order valence-corrected chi connectivity index (χ4v) is 6.74. The van der Waals surface area contributed by atoms with Crippen molar-refractivity contribution in [3.63, 3.8) is 0 Å². The van der Waals surface area contributed by atoms with Gasteiger partial charge in [0.1, 0.15) is 6.10 Å². The minimum absolute atomic E-state index is 0.222. The molecule has 2 N–H and O–H groups in total. The second-order valence-electron chi connectivity index (χ2n) is 9.35. The van der Waals surface area contributed by atoms with Crippen LogP contribution in [0, 0.1) is 5.92 Å². The third-order valence-corrected chi connectivity index (χ3v) is 8.68. The third-order valence-electron chi connectivity index (χ3n) is 4.67. The highest BCUT2D eigenvalue weighted by Crippen LogP contribution is 2.38. The lowest BCUT2D eigenvalue weighted by atomic mass is 9.96. The number of ether oxygens (including phenoxy) is 1. The molecule has 0 amide bonds. The number of rotatable bonds is 15. The van der Waals surface area contributed by atoms with Gasteiger partial charge in [0, 0.05) is 21.3 Å². The monoisotopic (exact) mass is 392 g/mol. The van der Waals surface area contributed by atoms with E-state index in [0.717, 1.165) is 25.0 Å². The molecule has 152 valence electrons. The first-order chi connectivity index (χ1) is 11.5. The minimum atomic E-state index is -1.51. The Morgan fingerprint density at radius 3 is 2.04 bits per heavy atom. The van der Waals surface area contributed by atoms with Gasteiger partial charge in [-0.2, -0.15) is 0 Å². The molecular formula is C19H44O4Si2. The summed E-state index contributed by atoms with van der Waals surface area (Å²) in [6.07, 6.45) is 5.23. The van der Waals surface area contributed by atoms with E-state index in [1.807, 2.05) is 0 Å². The molecule has 0 aliphatic carbocycles. The predicted molar refractivity (Wildman–Crippen MR) is 113 cm³/mol. The van der Waals surface area contributed by atoms with Crippen molar-refractivity contribution >= 4 is 16.4 Å². The molecule has 0 saturated heterocycles. The lowest BCUT2D eigenvalue weighted by Crippen LogP contribution is -2.38. The van der Waals surface area contributed by atoms with Crippen LogP contribution in [0.2, 0.25) is 44.8 Å². The topological polar surface area (TPSA) is 58.9 Å². The number of aliphatic hydroxyl groups excluding tert-OH is 2. The van der Waals surface area contributed by atoms with Crippen LogP contribution >= 0.6 is 0 Å². The van der Waals surface area contributed by atoms with Crippen molar-refractivity contribution in [2.75, 3.05) is 26.4 Å². The molecule has 4 nitrogen and oxygen atoms in total. The van der Waals surface area contributed by atoms with E-state index in [2.05, 4.69) is 46.2 Å². The average molecular weight is 393 g/mol. The molecule has 25 heavy (non-hydrogen) atoms. The quantitative estimate of drug-likeness (QED) is 0.318. The Kier molecular flexibility index (Phi) is 12.8. The zero-order valence-electron chi connectivity index (χ0n) is 17.8. The van der Waals surface area contributed by atoms with Gasteiger partial charge < -0.3 is 19.4 Å². The van der Waals surface area contributed by atoms with Gasteiger partial charge in [0.05, 0.1) is 13.2 Å². The maximum absolute atomic E-state index is 9.35. The molecule has 6 heteroatoms. The minimum Gasteiger partial charge on any atom is -0.417 e. The second kappa shape index (κ2) is 12.6.